The van der Waals surface area contributed by atoms with Crippen LogP contribution in [0.3, 0.4) is 0 Å². The van der Waals surface area contributed by atoms with Crippen LogP contribution in [0.4, 0.5) is 0 Å². The highest BCUT2D eigenvalue weighted by atomic mass is 16.6. The lowest BCUT2D eigenvalue weighted by Gasteiger charge is -2.41. The largest absolute Gasteiger partial charge is 0.394 e. The quantitative estimate of drug-likeness (QED) is 0.231. The van der Waals surface area contributed by atoms with Crippen molar-refractivity contribution in [3.05, 3.63) is 59.7 Å². The van der Waals surface area contributed by atoms with E-state index in [0.29, 0.717) is 38.3 Å². The molecular weight excluding hydrogens is 478 g/mol. The molecule has 0 unspecified atom stereocenters. The number of nitrogens with one attached hydrogen (secondary N) is 1. The molecule has 5 N–H and O–H groups in total. The van der Waals surface area contributed by atoms with Crippen molar-refractivity contribution in [2.24, 2.45) is 0 Å². The number of ether oxygens (including phenoxy) is 1. The number of hydrogen-bond acceptors (Lipinski definition) is 7. The van der Waals surface area contributed by atoms with Crippen molar-refractivity contribution in [1.82, 2.24) is 14.5 Å². The summed E-state index contributed by atoms with van der Waals surface area (Å²) in [7, 11) is 1.45. The summed E-state index contributed by atoms with van der Waals surface area (Å²) in [5.74, 6) is -0.838. The van der Waals surface area contributed by atoms with Gasteiger partial charge in [0.1, 0.15) is 24.4 Å². The average Bonchev–Trinajstić information content (AvgIpc) is 3.53. The molecule has 1 saturated heterocycles. The number of aliphatic hydroxyl groups excluding tert-OH is 4. The number of benzene rings is 3. The lowest BCUT2D eigenvalue weighted by Crippen LogP contribution is -2.56. The summed E-state index contributed by atoms with van der Waals surface area (Å²) < 4.78 is 7.66. The summed E-state index contributed by atoms with van der Waals surface area (Å²) in [6, 6.07) is 14.7. The third kappa shape index (κ3) is 2.70. The van der Waals surface area contributed by atoms with E-state index in [1.165, 1.54) is 7.05 Å². The van der Waals surface area contributed by atoms with Crippen molar-refractivity contribution in [3.63, 3.8) is 0 Å². The van der Waals surface area contributed by atoms with Gasteiger partial charge in [-0.25, -0.2) is 0 Å². The number of aliphatic hydroxyl groups is 4. The third-order valence-corrected chi connectivity index (χ3v) is 7.76. The van der Waals surface area contributed by atoms with E-state index in [1.807, 2.05) is 36.4 Å². The second-order valence-corrected chi connectivity index (χ2v) is 9.67. The number of carbonyl (C=O) groups is 2. The van der Waals surface area contributed by atoms with E-state index in [0.717, 1.165) is 15.8 Å². The number of imide groups is 1. The molecule has 188 valence electrons. The number of rotatable bonds is 2. The highest BCUT2D eigenvalue weighted by molar-refractivity contribution is 6.39. The van der Waals surface area contributed by atoms with Crippen LogP contribution in [-0.2, 0) is 4.74 Å². The fourth-order valence-electron chi connectivity index (χ4n) is 6.01. The topological polar surface area (TPSA) is 148 Å². The molecule has 1 fully saturated rings. The van der Waals surface area contributed by atoms with Crippen molar-refractivity contribution in [2.75, 3.05) is 13.7 Å². The maximum Gasteiger partial charge on any atom is 0.262 e. The van der Waals surface area contributed by atoms with E-state index in [-0.39, 0.29) is 5.56 Å². The van der Waals surface area contributed by atoms with Gasteiger partial charge in [0, 0.05) is 34.1 Å². The number of hydrogen-bond donors (Lipinski definition) is 5. The number of para-hydroxylation sites is 2. The van der Waals surface area contributed by atoms with E-state index in [1.54, 1.807) is 16.7 Å². The SMILES string of the molecule is CN1C(=O)c2c(c3c4ccccc4n([C@H]4O[C@H](CO)[C@H](O)[C@H](O)[C@H]4O)c3c3[nH]c4ccccc4c23)C1=O. The zero-order chi connectivity index (χ0) is 25.7. The van der Waals surface area contributed by atoms with Gasteiger partial charge in [0.2, 0.25) is 0 Å². The molecule has 2 aliphatic heterocycles. The first-order valence-electron chi connectivity index (χ1n) is 12.0. The summed E-state index contributed by atoms with van der Waals surface area (Å²) in [6.45, 7) is -0.576. The summed E-state index contributed by atoms with van der Waals surface area (Å²) in [4.78, 5) is 31.4. The zero-order valence-electron chi connectivity index (χ0n) is 19.6. The number of aromatic nitrogens is 2. The number of fused-ring (bicyclic) bond motifs is 10. The highest BCUT2D eigenvalue weighted by Crippen LogP contribution is 2.47. The Bertz CT molecular complexity index is 1790. The third-order valence-electron chi connectivity index (χ3n) is 7.76. The van der Waals surface area contributed by atoms with Crippen LogP contribution in [0.25, 0.3) is 43.6 Å². The number of aromatic amines is 1. The Labute approximate surface area is 208 Å². The van der Waals surface area contributed by atoms with Crippen LogP contribution < -0.4 is 0 Å². The van der Waals surface area contributed by atoms with Gasteiger partial charge in [0.05, 0.1) is 34.3 Å². The minimum absolute atomic E-state index is 0.263. The first-order chi connectivity index (χ1) is 17.8. The molecule has 0 aliphatic carbocycles. The molecular formula is C27H23N3O7. The van der Waals surface area contributed by atoms with Crippen LogP contribution in [0.15, 0.2) is 48.5 Å². The normalized spacial score (nSPS) is 26.3. The smallest absolute Gasteiger partial charge is 0.262 e. The molecule has 2 aliphatic rings. The molecule has 3 aromatic carbocycles. The molecule has 0 saturated carbocycles. The number of amides is 2. The summed E-state index contributed by atoms with van der Waals surface area (Å²) in [6.07, 6.45) is -7.00. The minimum atomic E-state index is -1.59. The number of carbonyl (C=O) groups excluding carboxylic acids is 2. The summed E-state index contributed by atoms with van der Waals surface area (Å²) >= 11 is 0. The van der Waals surface area contributed by atoms with Gasteiger partial charge in [0.25, 0.3) is 11.8 Å². The van der Waals surface area contributed by atoms with Crippen LogP contribution in [0, 0.1) is 0 Å². The van der Waals surface area contributed by atoms with E-state index in [4.69, 9.17) is 4.74 Å². The lowest BCUT2D eigenvalue weighted by atomic mass is 9.96. The standard InChI is InChI=1S/C27H23N3O7/c1-29-25(35)18-16-11-6-2-4-8-13(11)28-20(16)21-17(19(18)26(29)36)12-7-3-5-9-14(12)30(21)27-24(34)23(33)22(32)15(10-31)37-27/h2-9,15,22-24,27-28,31-34H,10H2,1H3/t15-,22+,23+,24-,27+/m1/s1. The van der Waals surface area contributed by atoms with Gasteiger partial charge in [-0.2, -0.15) is 0 Å². The number of H-pyrrole nitrogens is 1. The van der Waals surface area contributed by atoms with Gasteiger partial charge in [-0.1, -0.05) is 36.4 Å². The van der Waals surface area contributed by atoms with Gasteiger partial charge < -0.3 is 34.7 Å². The second-order valence-electron chi connectivity index (χ2n) is 9.67. The molecule has 4 heterocycles. The molecule has 7 rings (SSSR count). The molecule has 5 atom stereocenters. The van der Waals surface area contributed by atoms with Gasteiger partial charge in [-0.15, -0.1) is 0 Å². The van der Waals surface area contributed by atoms with Crippen molar-refractivity contribution in [2.45, 2.75) is 30.6 Å². The van der Waals surface area contributed by atoms with Crippen molar-refractivity contribution in [3.8, 4) is 0 Å². The predicted octanol–water partition coefficient (Wildman–Crippen LogP) is 1.63. The van der Waals surface area contributed by atoms with Crippen molar-refractivity contribution >= 4 is 55.4 Å². The molecule has 2 aromatic heterocycles. The first-order valence-corrected chi connectivity index (χ1v) is 12.0. The minimum Gasteiger partial charge on any atom is -0.394 e. The Morgan fingerprint density at radius 3 is 2.24 bits per heavy atom. The monoisotopic (exact) mass is 501 g/mol. The number of nitrogens with zero attached hydrogens (tertiary/aromatic N) is 2. The lowest BCUT2D eigenvalue weighted by molar-refractivity contribution is -0.249. The van der Waals surface area contributed by atoms with E-state index < -0.39 is 49.1 Å². The van der Waals surface area contributed by atoms with Gasteiger partial charge in [-0.05, 0) is 12.1 Å². The fourth-order valence-corrected chi connectivity index (χ4v) is 6.01. The Morgan fingerprint density at radius 2 is 1.51 bits per heavy atom. The summed E-state index contributed by atoms with van der Waals surface area (Å²) in [5, 5.41) is 44.4. The Hall–Kier alpha value is -3.80. The maximum atomic E-state index is 13.5. The second kappa shape index (κ2) is 7.60. The Morgan fingerprint density at radius 1 is 0.865 bits per heavy atom. The molecule has 10 nitrogen and oxygen atoms in total. The molecule has 0 spiro atoms. The predicted molar refractivity (Wildman–Crippen MR) is 134 cm³/mol. The van der Waals surface area contributed by atoms with Gasteiger partial charge in [0.15, 0.2) is 6.23 Å². The van der Waals surface area contributed by atoms with Gasteiger partial charge >= 0.3 is 0 Å². The highest BCUT2D eigenvalue weighted by Gasteiger charge is 2.46. The maximum absolute atomic E-state index is 13.5. The van der Waals surface area contributed by atoms with Crippen molar-refractivity contribution < 1.29 is 34.8 Å². The average molecular weight is 501 g/mol. The summed E-state index contributed by atoms with van der Waals surface area (Å²) in [5.41, 5.74) is 2.99. The molecule has 2 amide bonds. The van der Waals surface area contributed by atoms with Crippen LogP contribution in [-0.4, -0.2) is 84.8 Å². The van der Waals surface area contributed by atoms with E-state index in [9.17, 15) is 30.0 Å². The molecule has 37 heavy (non-hydrogen) atoms. The van der Waals surface area contributed by atoms with Crippen molar-refractivity contribution in [1.29, 1.82) is 0 Å². The van der Waals surface area contributed by atoms with Crippen LogP contribution in [0.1, 0.15) is 26.9 Å². The van der Waals surface area contributed by atoms with E-state index in [2.05, 4.69) is 4.98 Å². The van der Waals surface area contributed by atoms with Crippen LogP contribution in [0.5, 0.6) is 0 Å². The molecule has 0 bridgehead atoms. The molecule has 10 heteroatoms. The Balaban J connectivity index is 1.71. The zero-order valence-corrected chi connectivity index (χ0v) is 19.6. The molecule has 5 aromatic rings. The Kier molecular flexibility index (Phi) is 4.60. The van der Waals surface area contributed by atoms with Crippen LogP contribution >= 0.6 is 0 Å². The first kappa shape index (κ1) is 22.4. The van der Waals surface area contributed by atoms with Crippen LogP contribution in [0.2, 0.25) is 0 Å². The van der Waals surface area contributed by atoms with Gasteiger partial charge in [-0.3, -0.25) is 14.5 Å². The van der Waals surface area contributed by atoms with E-state index >= 15 is 0 Å². The molecule has 0 radical (unpaired) electrons. The fraction of sp³-hybridized carbons (Fsp3) is 0.259.